The predicted molar refractivity (Wildman–Crippen MR) is 231 cm³/mol. The average molecular weight is 713 g/mol. The Balaban J connectivity index is 1.13. The SMILES string of the molecule is CC1(C)c2ccccc2-c2c(C(c3ccc(-c4ccccc4)cc3)c3ccc4c(c3)C3(C5=Cc6ccccc6C5c5ccccc53)c3ccccc3-4)cccc21. The Bertz CT molecular complexity index is 2940. The molecule has 0 nitrogen and oxygen atoms in total. The smallest absolute Gasteiger partial charge is 0.0622 e. The quantitative estimate of drug-likeness (QED) is 0.159. The van der Waals surface area contributed by atoms with Crippen LogP contribution in [0, 0.1) is 0 Å². The molecule has 0 bridgehead atoms. The molecule has 0 heteroatoms. The minimum absolute atomic E-state index is 0.0185. The van der Waals surface area contributed by atoms with Crippen LogP contribution in [0.25, 0.3) is 39.5 Å². The lowest BCUT2D eigenvalue weighted by molar-refractivity contribution is 0.659. The largest absolute Gasteiger partial charge is 0.0689 e. The van der Waals surface area contributed by atoms with Crippen LogP contribution >= 0.6 is 0 Å². The van der Waals surface area contributed by atoms with Gasteiger partial charge in [-0.25, -0.2) is 0 Å². The molecular weight excluding hydrogens is 673 g/mol. The third-order valence-electron chi connectivity index (χ3n) is 13.7. The highest BCUT2D eigenvalue weighted by atomic mass is 14.6. The molecule has 264 valence electrons. The molecule has 3 unspecified atom stereocenters. The summed E-state index contributed by atoms with van der Waals surface area (Å²) < 4.78 is 0. The number of benzene rings is 8. The van der Waals surface area contributed by atoms with Gasteiger partial charge in [-0.3, -0.25) is 0 Å². The number of fused-ring (bicyclic) bond motifs is 15. The standard InChI is InChI=1S/C56H40/c1-55(2)46-23-11-9-20-43(46)54-45(22-14-26-49(54)55)52(37-29-27-36(28-30-37)35-15-4-3-5-16-35)39-31-32-42-41-19-8-12-24-47(41)56(50(42)34-39)48-25-13-10-21-44(48)53-40-18-7-6-17-38(40)33-51(53)56/h3-34,52-53H,1-2H3. The minimum Gasteiger partial charge on any atom is -0.0622 e. The average Bonchev–Trinajstić information content (AvgIpc) is 3.94. The number of rotatable bonds is 4. The second-order valence-electron chi connectivity index (χ2n) is 16.7. The monoisotopic (exact) mass is 712 g/mol. The molecule has 8 aromatic carbocycles. The van der Waals surface area contributed by atoms with Crippen molar-refractivity contribution < 1.29 is 0 Å². The molecule has 0 amide bonds. The summed E-state index contributed by atoms with van der Waals surface area (Å²) in [5.74, 6) is 0.257. The molecule has 8 aromatic rings. The van der Waals surface area contributed by atoms with Crippen LogP contribution < -0.4 is 0 Å². The third kappa shape index (κ3) is 4.09. The molecule has 0 radical (unpaired) electrons. The summed E-state index contributed by atoms with van der Waals surface area (Å²) in [5.41, 5.74) is 24.2. The molecule has 3 atom stereocenters. The van der Waals surface area contributed by atoms with Crippen molar-refractivity contribution in [3.05, 3.63) is 255 Å². The van der Waals surface area contributed by atoms with Crippen LogP contribution in [-0.2, 0) is 10.8 Å². The molecule has 0 fully saturated rings. The predicted octanol–water partition coefficient (Wildman–Crippen LogP) is 13.7. The van der Waals surface area contributed by atoms with E-state index in [4.69, 9.17) is 0 Å². The van der Waals surface area contributed by atoms with Gasteiger partial charge in [-0.05, 0) is 100 Å². The van der Waals surface area contributed by atoms with E-state index >= 15 is 0 Å². The van der Waals surface area contributed by atoms with Crippen LogP contribution in [0.3, 0.4) is 0 Å². The zero-order valence-electron chi connectivity index (χ0n) is 31.6. The lowest BCUT2D eigenvalue weighted by Crippen LogP contribution is -2.26. The Kier molecular flexibility index (Phi) is 6.54. The zero-order chi connectivity index (χ0) is 37.2. The normalized spacial score (nSPS) is 19.0. The van der Waals surface area contributed by atoms with E-state index in [0.29, 0.717) is 0 Å². The van der Waals surface area contributed by atoms with Gasteiger partial charge in [-0.1, -0.05) is 208 Å². The fourth-order valence-corrected chi connectivity index (χ4v) is 11.4. The van der Waals surface area contributed by atoms with Crippen LogP contribution in [0.1, 0.15) is 86.9 Å². The van der Waals surface area contributed by atoms with Crippen molar-refractivity contribution in [3.63, 3.8) is 0 Å². The van der Waals surface area contributed by atoms with Gasteiger partial charge in [-0.15, -0.1) is 0 Å². The van der Waals surface area contributed by atoms with Gasteiger partial charge in [0.05, 0.1) is 5.41 Å². The summed E-state index contributed by atoms with van der Waals surface area (Å²) >= 11 is 0. The Morgan fingerprint density at radius 2 is 1.04 bits per heavy atom. The topological polar surface area (TPSA) is 0 Å². The van der Waals surface area contributed by atoms with E-state index in [9.17, 15) is 0 Å². The molecule has 0 saturated carbocycles. The van der Waals surface area contributed by atoms with E-state index in [2.05, 4.69) is 208 Å². The van der Waals surface area contributed by atoms with Crippen molar-refractivity contribution in [2.75, 3.05) is 0 Å². The first kappa shape index (κ1) is 31.8. The van der Waals surface area contributed by atoms with Gasteiger partial charge in [0.15, 0.2) is 0 Å². The summed E-state index contributed by atoms with van der Waals surface area (Å²) in [6.07, 6.45) is 2.53. The molecule has 4 aliphatic carbocycles. The van der Waals surface area contributed by atoms with Gasteiger partial charge in [0.2, 0.25) is 0 Å². The maximum absolute atomic E-state index is 2.61. The number of allylic oxidation sites excluding steroid dienone is 1. The highest BCUT2D eigenvalue weighted by molar-refractivity contribution is 5.93. The van der Waals surface area contributed by atoms with E-state index < -0.39 is 0 Å². The second kappa shape index (κ2) is 11.5. The Hall–Kier alpha value is -6.50. The van der Waals surface area contributed by atoms with E-state index in [0.717, 1.165) is 0 Å². The molecule has 0 aromatic heterocycles. The van der Waals surface area contributed by atoms with Crippen molar-refractivity contribution in [2.24, 2.45) is 0 Å². The fourth-order valence-electron chi connectivity index (χ4n) is 11.4. The highest BCUT2D eigenvalue weighted by Crippen LogP contribution is 2.67. The number of hydrogen-bond acceptors (Lipinski definition) is 0. The van der Waals surface area contributed by atoms with E-state index in [1.165, 1.54) is 100 Å². The van der Waals surface area contributed by atoms with Crippen molar-refractivity contribution in [1.29, 1.82) is 0 Å². The van der Waals surface area contributed by atoms with E-state index in [-0.39, 0.29) is 22.7 Å². The molecular formula is C56H40. The lowest BCUT2D eigenvalue weighted by atomic mass is 9.69. The fraction of sp³-hybridized carbons (Fsp3) is 0.107. The highest BCUT2D eigenvalue weighted by Gasteiger charge is 2.57. The van der Waals surface area contributed by atoms with E-state index in [1.807, 2.05) is 0 Å². The summed E-state index contributed by atoms with van der Waals surface area (Å²) in [5, 5.41) is 0. The zero-order valence-corrected chi connectivity index (χ0v) is 31.6. The second-order valence-corrected chi connectivity index (χ2v) is 16.7. The lowest BCUT2D eigenvalue weighted by Gasteiger charge is -2.32. The Morgan fingerprint density at radius 3 is 1.86 bits per heavy atom. The van der Waals surface area contributed by atoms with E-state index in [1.54, 1.807) is 0 Å². The van der Waals surface area contributed by atoms with Crippen LogP contribution in [0.5, 0.6) is 0 Å². The molecule has 0 saturated heterocycles. The molecule has 0 N–H and O–H groups in total. The summed E-state index contributed by atoms with van der Waals surface area (Å²) in [6, 6.07) is 71.4. The Morgan fingerprint density at radius 1 is 0.429 bits per heavy atom. The molecule has 56 heavy (non-hydrogen) atoms. The van der Waals surface area contributed by atoms with Gasteiger partial charge >= 0.3 is 0 Å². The minimum atomic E-state index is -0.378. The van der Waals surface area contributed by atoms with Crippen molar-refractivity contribution in [2.45, 2.75) is 36.5 Å². The van der Waals surface area contributed by atoms with Crippen molar-refractivity contribution >= 4 is 6.08 Å². The van der Waals surface area contributed by atoms with Gasteiger partial charge in [-0.2, -0.15) is 0 Å². The first-order valence-electron chi connectivity index (χ1n) is 20.1. The molecule has 0 heterocycles. The van der Waals surface area contributed by atoms with Crippen LogP contribution in [0.2, 0.25) is 0 Å². The molecule has 4 aliphatic rings. The van der Waals surface area contributed by atoms with Crippen LogP contribution in [-0.4, -0.2) is 0 Å². The Labute approximate surface area is 329 Å². The van der Waals surface area contributed by atoms with Gasteiger partial charge in [0.25, 0.3) is 0 Å². The van der Waals surface area contributed by atoms with Crippen LogP contribution in [0.4, 0.5) is 0 Å². The van der Waals surface area contributed by atoms with Crippen LogP contribution in [0.15, 0.2) is 194 Å². The summed E-state index contributed by atoms with van der Waals surface area (Å²) in [4.78, 5) is 0. The molecule has 1 spiro atoms. The first-order valence-corrected chi connectivity index (χ1v) is 20.1. The van der Waals surface area contributed by atoms with Gasteiger partial charge in [0, 0.05) is 17.3 Å². The third-order valence-corrected chi connectivity index (χ3v) is 13.7. The number of hydrogen-bond donors (Lipinski definition) is 0. The molecule has 12 rings (SSSR count). The summed E-state index contributed by atoms with van der Waals surface area (Å²) in [6.45, 7) is 4.78. The van der Waals surface area contributed by atoms with Crippen molar-refractivity contribution in [1.82, 2.24) is 0 Å². The molecule has 0 aliphatic heterocycles. The van der Waals surface area contributed by atoms with Gasteiger partial charge < -0.3 is 0 Å². The maximum Gasteiger partial charge on any atom is 0.0689 e. The van der Waals surface area contributed by atoms with Gasteiger partial charge in [0.1, 0.15) is 0 Å². The summed E-state index contributed by atoms with van der Waals surface area (Å²) in [7, 11) is 0. The first-order chi connectivity index (χ1) is 27.5. The van der Waals surface area contributed by atoms with Crippen molar-refractivity contribution in [3.8, 4) is 33.4 Å². The maximum atomic E-state index is 2.61.